The second kappa shape index (κ2) is 8.35. The number of aromatic hydroxyl groups is 2. The quantitative estimate of drug-likeness (QED) is 0.218. The fourth-order valence-corrected chi connectivity index (χ4v) is 4.55. The molecule has 0 aromatic heterocycles. The van der Waals surface area contributed by atoms with E-state index < -0.39 is 23.1 Å². The maximum Gasteiger partial charge on any atom is 0.200 e. The first-order chi connectivity index (χ1) is 17.3. The van der Waals surface area contributed by atoms with Crippen molar-refractivity contribution in [2.24, 2.45) is 0 Å². The first-order valence-corrected chi connectivity index (χ1v) is 11.0. The van der Waals surface area contributed by atoms with Gasteiger partial charge in [0.15, 0.2) is 0 Å². The van der Waals surface area contributed by atoms with Gasteiger partial charge in [0, 0.05) is 22.5 Å². The number of anilines is 2. The van der Waals surface area contributed by atoms with Gasteiger partial charge in [0.25, 0.3) is 0 Å². The van der Waals surface area contributed by atoms with E-state index in [4.69, 9.17) is 20.9 Å². The normalized spacial score (nSPS) is 12.2. The van der Waals surface area contributed by atoms with Gasteiger partial charge in [-0.3, -0.25) is 9.59 Å². The van der Waals surface area contributed by atoms with Gasteiger partial charge in [-0.05, 0) is 47.5 Å². The van der Waals surface area contributed by atoms with E-state index in [2.05, 4.69) is 0 Å². The zero-order valence-corrected chi connectivity index (χ0v) is 19.5. The predicted molar refractivity (Wildman–Crippen MR) is 136 cm³/mol. The van der Waals surface area contributed by atoms with Crippen LogP contribution in [0, 0.1) is 0 Å². The van der Waals surface area contributed by atoms with Crippen LogP contribution in [0.3, 0.4) is 0 Å². The number of phenolic OH excluding ortho intramolecular Hbond substituents is 2. The molecule has 4 aromatic rings. The number of benzene rings is 4. The molecule has 0 bridgehead atoms. The topological polar surface area (TPSA) is 145 Å². The van der Waals surface area contributed by atoms with Crippen LogP contribution in [-0.2, 0) is 0 Å². The number of hydrogen-bond acceptors (Lipinski definition) is 8. The molecule has 0 unspecified atom stereocenters. The zero-order valence-electron chi connectivity index (χ0n) is 19.5. The van der Waals surface area contributed by atoms with Crippen LogP contribution in [0.25, 0.3) is 22.3 Å². The molecular formula is C28H22N2O6. The third-order valence-corrected chi connectivity index (χ3v) is 6.37. The minimum Gasteiger partial charge on any atom is -0.506 e. The second-order valence-corrected chi connectivity index (χ2v) is 8.34. The van der Waals surface area contributed by atoms with Crippen molar-refractivity contribution >= 4 is 22.9 Å². The Morgan fingerprint density at radius 3 is 1.22 bits per heavy atom. The van der Waals surface area contributed by atoms with E-state index in [0.717, 1.165) is 0 Å². The number of rotatable bonds is 4. The molecule has 8 nitrogen and oxygen atoms in total. The Labute approximate surface area is 206 Å². The largest absolute Gasteiger partial charge is 0.506 e. The van der Waals surface area contributed by atoms with Crippen molar-refractivity contribution in [3.8, 4) is 45.3 Å². The van der Waals surface area contributed by atoms with Crippen LogP contribution >= 0.6 is 0 Å². The molecule has 0 saturated carbocycles. The number of ether oxygens (including phenoxy) is 2. The maximum absolute atomic E-state index is 13.6. The number of methoxy groups -OCH3 is 2. The average molecular weight is 482 g/mol. The van der Waals surface area contributed by atoms with E-state index in [9.17, 15) is 19.8 Å². The van der Waals surface area contributed by atoms with E-state index in [1.807, 2.05) is 0 Å². The third kappa shape index (κ3) is 3.31. The number of carbonyl (C=O) groups excluding carboxylic acids is 2. The third-order valence-electron chi connectivity index (χ3n) is 6.37. The fourth-order valence-electron chi connectivity index (χ4n) is 4.55. The van der Waals surface area contributed by atoms with E-state index in [1.54, 1.807) is 48.5 Å². The fraction of sp³-hybridized carbons (Fsp3) is 0.0714. The Hall–Kier alpha value is -4.98. The summed E-state index contributed by atoms with van der Waals surface area (Å²) in [6, 6.07) is 16.4. The van der Waals surface area contributed by atoms with Gasteiger partial charge < -0.3 is 31.2 Å². The van der Waals surface area contributed by atoms with Crippen molar-refractivity contribution in [1.82, 2.24) is 0 Å². The van der Waals surface area contributed by atoms with Gasteiger partial charge in [0.2, 0.25) is 11.6 Å². The lowest BCUT2D eigenvalue weighted by Gasteiger charge is -2.24. The van der Waals surface area contributed by atoms with Gasteiger partial charge in [0.1, 0.15) is 23.0 Å². The van der Waals surface area contributed by atoms with Gasteiger partial charge in [-0.1, -0.05) is 24.3 Å². The van der Waals surface area contributed by atoms with Crippen LogP contribution in [0.4, 0.5) is 11.4 Å². The van der Waals surface area contributed by atoms with E-state index >= 15 is 0 Å². The van der Waals surface area contributed by atoms with Crippen molar-refractivity contribution < 1.29 is 29.3 Å². The molecule has 6 N–H and O–H groups in total. The monoisotopic (exact) mass is 482 g/mol. The molecule has 0 spiro atoms. The first kappa shape index (κ1) is 22.8. The SMILES string of the molecule is COc1ccc(-c2cc(N)c3c(c2O)C(=O)c2c(N)cc(-c4ccc(OC)cc4)c(O)c2C3=O)cc1. The van der Waals surface area contributed by atoms with Crippen molar-refractivity contribution in [3.63, 3.8) is 0 Å². The van der Waals surface area contributed by atoms with Gasteiger partial charge in [-0.25, -0.2) is 0 Å². The average Bonchev–Trinajstić information content (AvgIpc) is 2.89. The molecule has 0 heterocycles. The standard InChI is InChI=1S/C28H22N2O6/c1-35-15-7-3-13(4-8-15)17-11-19(29)21-23(25(17)31)27(33)22-20(30)12-18(26(32)24(22)28(21)34)14-5-9-16(36-2)10-6-14/h3-12,31-32H,29-30H2,1-2H3. The molecule has 0 fully saturated rings. The molecule has 0 saturated heterocycles. The highest BCUT2D eigenvalue weighted by Crippen LogP contribution is 2.47. The maximum atomic E-state index is 13.6. The first-order valence-electron chi connectivity index (χ1n) is 11.0. The summed E-state index contributed by atoms with van der Waals surface area (Å²) >= 11 is 0. The Kier molecular flexibility index (Phi) is 5.29. The summed E-state index contributed by atoms with van der Waals surface area (Å²) in [5, 5.41) is 22.2. The minimum atomic E-state index is -0.701. The van der Waals surface area contributed by atoms with Gasteiger partial charge in [-0.2, -0.15) is 0 Å². The van der Waals surface area contributed by atoms with Crippen LogP contribution in [0.15, 0.2) is 60.7 Å². The lowest BCUT2D eigenvalue weighted by molar-refractivity contribution is 0.0975. The Morgan fingerprint density at radius 1 is 0.583 bits per heavy atom. The van der Waals surface area contributed by atoms with Crippen LogP contribution in [-0.4, -0.2) is 36.0 Å². The number of carbonyl (C=O) groups is 2. The summed E-state index contributed by atoms with van der Waals surface area (Å²) in [5.41, 5.74) is 13.3. The molecular weight excluding hydrogens is 460 g/mol. The van der Waals surface area contributed by atoms with Crippen molar-refractivity contribution in [1.29, 1.82) is 0 Å². The Bertz CT molecular complexity index is 1440. The van der Waals surface area contributed by atoms with Gasteiger partial charge in [0.05, 0.1) is 36.5 Å². The number of nitrogen functional groups attached to an aromatic ring is 2. The van der Waals surface area contributed by atoms with Crippen LogP contribution in [0.1, 0.15) is 31.8 Å². The van der Waals surface area contributed by atoms with Crippen molar-refractivity contribution in [2.45, 2.75) is 0 Å². The number of fused-ring (bicyclic) bond motifs is 2. The van der Waals surface area contributed by atoms with Crippen LogP contribution < -0.4 is 20.9 Å². The van der Waals surface area contributed by atoms with E-state index in [-0.39, 0.29) is 44.8 Å². The molecule has 5 rings (SSSR count). The molecule has 0 radical (unpaired) electrons. The molecule has 0 amide bonds. The summed E-state index contributed by atoms with van der Waals surface area (Å²) in [6.45, 7) is 0. The number of hydrogen-bond donors (Lipinski definition) is 4. The summed E-state index contributed by atoms with van der Waals surface area (Å²) in [7, 11) is 3.07. The molecule has 8 heteroatoms. The zero-order chi connectivity index (χ0) is 25.7. The summed E-state index contributed by atoms with van der Waals surface area (Å²) in [6.07, 6.45) is 0. The smallest absolute Gasteiger partial charge is 0.200 e. The van der Waals surface area contributed by atoms with Crippen LogP contribution in [0.5, 0.6) is 23.0 Å². The molecule has 36 heavy (non-hydrogen) atoms. The molecule has 4 aromatic carbocycles. The summed E-state index contributed by atoms with van der Waals surface area (Å²) in [4.78, 5) is 27.2. The highest BCUT2D eigenvalue weighted by molar-refractivity contribution is 6.34. The Morgan fingerprint density at radius 2 is 0.917 bits per heavy atom. The van der Waals surface area contributed by atoms with Gasteiger partial charge in [-0.15, -0.1) is 0 Å². The molecule has 0 aliphatic heterocycles. The summed E-state index contributed by atoms with van der Waals surface area (Å²) in [5.74, 6) is -0.972. The molecule has 1 aliphatic rings. The summed E-state index contributed by atoms with van der Waals surface area (Å²) < 4.78 is 10.3. The van der Waals surface area contributed by atoms with E-state index in [0.29, 0.717) is 22.6 Å². The number of ketones is 2. The van der Waals surface area contributed by atoms with Crippen LogP contribution in [0.2, 0.25) is 0 Å². The minimum absolute atomic E-state index is 0.00885. The lowest BCUT2D eigenvalue weighted by Crippen LogP contribution is -2.24. The van der Waals surface area contributed by atoms with Gasteiger partial charge >= 0.3 is 0 Å². The number of nitrogens with two attached hydrogens (primary N) is 2. The molecule has 180 valence electrons. The molecule has 1 aliphatic carbocycles. The highest BCUT2D eigenvalue weighted by Gasteiger charge is 2.39. The van der Waals surface area contributed by atoms with Crippen molar-refractivity contribution in [3.05, 3.63) is 82.9 Å². The predicted octanol–water partition coefficient (Wildman–Crippen LogP) is 4.39. The highest BCUT2D eigenvalue weighted by atomic mass is 16.5. The van der Waals surface area contributed by atoms with Crippen molar-refractivity contribution in [2.75, 3.05) is 25.7 Å². The van der Waals surface area contributed by atoms with E-state index in [1.165, 1.54) is 26.4 Å². The molecule has 0 atom stereocenters. The second-order valence-electron chi connectivity index (χ2n) is 8.34. The number of phenols is 2. The Balaban J connectivity index is 1.70. The lowest BCUT2D eigenvalue weighted by atomic mass is 9.78.